The second kappa shape index (κ2) is 7.08. The van der Waals surface area contributed by atoms with Gasteiger partial charge in [0.2, 0.25) is 5.78 Å². The first kappa shape index (κ1) is 17.2. The van der Waals surface area contributed by atoms with Crippen molar-refractivity contribution in [2.24, 2.45) is 0 Å². The lowest BCUT2D eigenvalue weighted by molar-refractivity contribution is 0.104. The van der Waals surface area contributed by atoms with E-state index in [1.807, 2.05) is 0 Å². The molecule has 1 heterocycles. The lowest BCUT2D eigenvalue weighted by Crippen LogP contribution is -2.04. The van der Waals surface area contributed by atoms with Crippen LogP contribution < -0.4 is 15.8 Å². The number of aromatic nitrogens is 1. The molecule has 0 unspecified atom stereocenters. The smallest absolute Gasteiger partial charge is 0.206 e. The van der Waals surface area contributed by atoms with Crippen molar-refractivity contribution in [3.63, 3.8) is 0 Å². The largest absolute Gasteiger partial charge is 0.497 e. The average molecular weight is 378 g/mol. The van der Waals surface area contributed by atoms with Crippen LogP contribution in [0.25, 0.3) is 0 Å². The molecule has 0 aliphatic heterocycles. The topological polar surface area (TPSA) is 77.2 Å². The number of nitrogens with zero attached hydrogens (tertiary/aromatic N) is 1. The summed E-state index contributed by atoms with van der Waals surface area (Å²) in [5.41, 5.74) is 6.78. The number of rotatable bonds is 5. The van der Waals surface area contributed by atoms with E-state index in [9.17, 15) is 9.18 Å². The average Bonchev–Trinajstić information content (AvgIpc) is 2.97. The summed E-state index contributed by atoms with van der Waals surface area (Å²) in [7, 11) is 1.52. The Morgan fingerprint density at radius 2 is 2.12 bits per heavy atom. The van der Waals surface area contributed by atoms with Gasteiger partial charge in [0, 0.05) is 10.6 Å². The molecule has 25 heavy (non-hydrogen) atoms. The normalized spacial score (nSPS) is 10.5. The minimum Gasteiger partial charge on any atom is -0.497 e. The van der Waals surface area contributed by atoms with E-state index in [2.05, 4.69) is 9.69 Å². The van der Waals surface area contributed by atoms with E-state index in [4.69, 9.17) is 22.1 Å². The fourth-order valence-electron chi connectivity index (χ4n) is 2.16. The molecular weight excluding hydrogens is 365 g/mol. The number of benzene rings is 2. The summed E-state index contributed by atoms with van der Waals surface area (Å²) in [6.07, 6.45) is 0. The van der Waals surface area contributed by atoms with E-state index in [0.717, 1.165) is 11.5 Å². The van der Waals surface area contributed by atoms with Crippen molar-refractivity contribution in [2.75, 3.05) is 18.2 Å². The lowest BCUT2D eigenvalue weighted by atomic mass is 10.1. The van der Waals surface area contributed by atoms with Gasteiger partial charge in [-0.1, -0.05) is 23.7 Å². The number of hydrogen-bond acceptors (Lipinski definition) is 6. The molecule has 3 rings (SSSR count). The molecule has 3 N–H and O–H groups in total. The van der Waals surface area contributed by atoms with Crippen LogP contribution in [0.2, 0.25) is 5.02 Å². The number of nitrogens with one attached hydrogen (secondary N) is 1. The molecule has 3 aromatic rings. The Labute approximate surface area is 152 Å². The van der Waals surface area contributed by atoms with Gasteiger partial charge in [-0.2, -0.15) is 4.37 Å². The standard InChI is InChI=1S/C17H13ClFN3O2S/c1-24-11-4-2-3-9(7-11)15(23)16-14(20)17(22-25-16)21-13-6-5-10(18)8-12(13)19/h2-8H,20H2,1H3,(H,21,22). The molecule has 0 fully saturated rings. The molecule has 0 amide bonds. The van der Waals surface area contributed by atoms with Gasteiger partial charge < -0.3 is 15.8 Å². The number of ketones is 1. The third-order valence-electron chi connectivity index (χ3n) is 3.45. The third kappa shape index (κ3) is 3.57. The van der Waals surface area contributed by atoms with Crippen LogP contribution in [0.5, 0.6) is 5.75 Å². The number of methoxy groups -OCH3 is 1. The maximum Gasteiger partial charge on any atom is 0.206 e. The molecular formula is C17H13ClFN3O2S. The Morgan fingerprint density at radius 3 is 2.84 bits per heavy atom. The van der Waals surface area contributed by atoms with Crippen LogP contribution in [0.3, 0.4) is 0 Å². The molecule has 5 nitrogen and oxygen atoms in total. The number of hydrogen-bond donors (Lipinski definition) is 2. The van der Waals surface area contributed by atoms with Crippen molar-refractivity contribution in [1.82, 2.24) is 4.37 Å². The van der Waals surface area contributed by atoms with Gasteiger partial charge in [0.1, 0.15) is 16.4 Å². The Hall–Kier alpha value is -2.64. The molecule has 0 aliphatic carbocycles. The first-order valence-corrected chi connectivity index (χ1v) is 8.30. The van der Waals surface area contributed by atoms with Gasteiger partial charge in [0.05, 0.1) is 18.5 Å². The van der Waals surface area contributed by atoms with E-state index in [1.54, 1.807) is 24.3 Å². The molecule has 0 radical (unpaired) electrons. The number of anilines is 3. The van der Waals surface area contributed by atoms with Crippen molar-refractivity contribution in [3.05, 3.63) is 63.7 Å². The van der Waals surface area contributed by atoms with Gasteiger partial charge in [0.25, 0.3) is 0 Å². The first-order valence-electron chi connectivity index (χ1n) is 7.15. The van der Waals surface area contributed by atoms with Gasteiger partial charge in [-0.25, -0.2) is 4.39 Å². The number of halogens is 2. The molecule has 2 aromatic carbocycles. The predicted molar refractivity (Wildman–Crippen MR) is 97.6 cm³/mol. The van der Waals surface area contributed by atoms with Gasteiger partial charge >= 0.3 is 0 Å². The van der Waals surface area contributed by atoms with E-state index in [1.165, 1.54) is 25.3 Å². The number of nitrogens with two attached hydrogens (primary N) is 1. The Morgan fingerprint density at radius 1 is 1.32 bits per heavy atom. The minimum absolute atomic E-state index is 0.159. The maximum atomic E-state index is 13.9. The monoisotopic (exact) mass is 377 g/mol. The van der Waals surface area contributed by atoms with Gasteiger partial charge in [-0.15, -0.1) is 0 Å². The van der Waals surface area contributed by atoms with Crippen LogP contribution in [0, 0.1) is 5.82 Å². The summed E-state index contributed by atoms with van der Waals surface area (Å²) in [5, 5.41) is 3.06. The number of carbonyl (C=O) groups excluding carboxylic acids is 1. The third-order valence-corrected chi connectivity index (χ3v) is 4.55. The molecule has 0 spiro atoms. The molecule has 0 atom stereocenters. The highest BCUT2D eigenvalue weighted by molar-refractivity contribution is 7.09. The van der Waals surface area contributed by atoms with Gasteiger partial charge in [-0.05, 0) is 41.9 Å². The van der Waals surface area contributed by atoms with E-state index in [-0.39, 0.29) is 32.9 Å². The van der Waals surface area contributed by atoms with E-state index < -0.39 is 5.82 Å². The van der Waals surface area contributed by atoms with Crippen LogP contribution in [0.15, 0.2) is 42.5 Å². The second-order valence-corrected chi connectivity index (χ2v) is 6.29. The van der Waals surface area contributed by atoms with Crippen molar-refractivity contribution in [1.29, 1.82) is 0 Å². The zero-order chi connectivity index (χ0) is 18.0. The molecule has 0 bridgehead atoms. The summed E-state index contributed by atoms with van der Waals surface area (Å²) >= 11 is 6.67. The van der Waals surface area contributed by atoms with Crippen LogP contribution in [-0.4, -0.2) is 17.3 Å². The molecule has 1 aromatic heterocycles. The minimum atomic E-state index is -0.541. The van der Waals surface area contributed by atoms with Crippen molar-refractivity contribution in [3.8, 4) is 5.75 Å². The summed E-state index contributed by atoms with van der Waals surface area (Å²) < 4.78 is 23.1. The first-order chi connectivity index (χ1) is 12.0. The van der Waals surface area contributed by atoms with Crippen LogP contribution in [0.4, 0.5) is 21.6 Å². The van der Waals surface area contributed by atoms with Gasteiger partial charge in [-0.3, -0.25) is 4.79 Å². The van der Waals surface area contributed by atoms with E-state index in [0.29, 0.717) is 11.3 Å². The van der Waals surface area contributed by atoms with Crippen molar-refractivity contribution in [2.45, 2.75) is 0 Å². The number of nitrogen functional groups attached to an aromatic ring is 1. The van der Waals surface area contributed by atoms with Crippen molar-refractivity contribution < 1.29 is 13.9 Å². The summed E-state index contributed by atoms with van der Waals surface area (Å²) in [5.74, 6) is -0.0351. The number of ether oxygens (including phenoxy) is 1. The zero-order valence-electron chi connectivity index (χ0n) is 13.0. The summed E-state index contributed by atoms with van der Waals surface area (Å²) in [6, 6.07) is 10.9. The highest BCUT2D eigenvalue weighted by Gasteiger charge is 2.20. The summed E-state index contributed by atoms with van der Waals surface area (Å²) in [4.78, 5) is 12.9. The molecule has 0 aliphatic rings. The highest BCUT2D eigenvalue weighted by atomic mass is 35.5. The second-order valence-electron chi connectivity index (χ2n) is 5.08. The van der Waals surface area contributed by atoms with Crippen LogP contribution in [-0.2, 0) is 0 Å². The van der Waals surface area contributed by atoms with Crippen molar-refractivity contribution >= 4 is 46.1 Å². The molecule has 128 valence electrons. The Bertz CT molecular complexity index is 945. The predicted octanol–water partition coefficient (Wildman–Crippen LogP) is 4.50. The fraction of sp³-hybridized carbons (Fsp3) is 0.0588. The SMILES string of the molecule is COc1cccc(C(=O)c2snc(Nc3ccc(Cl)cc3F)c2N)c1. The lowest BCUT2D eigenvalue weighted by Gasteiger charge is -2.06. The van der Waals surface area contributed by atoms with E-state index >= 15 is 0 Å². The molecule has 0 saturated carbocycles. The highest BCUT2D eigenvalue weighted by Crippen LogP contribution is 2.32. The molecule has 8 heteroatoms. The number of carbonyl (C=O) groups is 1. The zero-order valence-corrected chi connectivity index (χ0v) is 14.6. The quantitative estimate of drug-likeness (QED) is 0.640. The molecule has 0 saturated heterocycles. The Balaban J connectivity index is 1.89. The maximum absolute atomic E-state index is 13.9. The van der Waals surface area contributed by atoms with Crippen LogP contribution >= 0.6 is 23.1 Å². The Kier molecular flexibility index (Phi) is 4.87. The van der Waals surface area contributed by atoms with Crippen LogP contribution in [0.1, 0.15) is 15.2 Å². The van der Waals surface area contributed by atoms with Gasteiger partial charge in [0.15, 0.2) is 5.82 Å². The summed E-state index contributed by atoms with van der Waals surface area (Å²) in [6.45, 7) is 0. The fourth-order valence-corrected chi connectivity index (χ4v) is 3.05.